The molecule has 0 amide bonds. The molecule has 0 spiro atoms. The van der Waals surface area contributed by atoms with Gasteiger partial charge in [0.1, 0.15) is 5.56 Å². The number of carboxylic acids is 1. The molecule has 0 fully saturated rings. The third-order valence-corrected chi connectivity index (χ3v) is 4.64. The smallest absolute Gasteiger partial charge is 0.339 e. The van der Waals surface area contributed by atoms with Gasteiger partial charge in [0.25, 0.3) is 0 Å². The van der Waals surface area contributed by atoms with Crippen molar-refractivity contribution in [1.29, 1.82) is 0 Å². The van der Waals surface area contributed by atoms with Crippen LogP contribution in [0.2, 0.25) is 0 Å². The normalized spacial score (nSPS) is 11.5. The predicted octanol–water partition coefficient (Wildman–Crippen LogP) is 1.40. The van der Waals surface area contributed by atoms with E-state index in [1.54, 1.807) is 12.1 Å². The van der Waals surface area contributed by atoms with E-state index in [-0.39, 0.29) is 16.2 Å². The summed E-state index contributed by atoms with van der Waals surface area (Å²) in [6.45, 7) is 1.86. The molecule has 1 N–H and O–H groups in total. The molecule has 1 aromatic carbocycles. The molecule has 0 aliphatic carbocycles. The largest absolute Gasteiger partial charge is 0.478 e. The molecule has 0 aliphatic heterocycles. The summed E-state index contributed by atoms with van der Waals surface area (Å²) in [5, 5.41) is 12.8. The molecule has 106 valence electrons. The summed E-state index contributed by atoms with van der Waals surface area (Å²) in [4.78, 5) is 11.2. The first-order valence-corrected chi connectivity index (χ1v) is 7.50. The number of carbonyl (C=O) groups is 1. The molecule has 0 unspecified atom stereocenters. The molecule has 7 heteroatoms. The van der Waals surface area contributed by atoms with Crippen LogP contribution in [0.4, 0.5) is 0 Å². The zero-order chi connectivity index (χ0) is 14.9. The number of aromatic carboxylic acids is 1. The van der Waals surface area contributed by atoms with E-state index in [4.69, 9.17) is 5.11 Å². The molecule has 2 aromatic rings. The minimum absolute atomic E-state index is 0.0943. The average Bonchev–Trinajstić information content (AvgIpc) is 2.71. The summed E-state index contributed by atoms with van der Waals surface area (Å²) in [6, 6.07) is 6.44. The van der Waals surface area contributed by atoms with Crippen LogP contribution >= 0.6 is 0 Å². The van der Waals surface area contributed by atoms with Crippen LogP contribution in [0.1, 0.15) is 21.6 Å². The van der Waals surface area contributed by atoms with E-state index in [1.807, 2.05) is 6.92 Å². The molecule has 0 radical (unpaired) electrons. The number of hydrogen-bond acceptors (Lipinski definition) is 4. The molecular weight excluding hydrogens is 280 g/mol. The van der Waals surface area contributed by atoms with Gasteiger partial charge in [-0.2, -0.15) is 5.10 Å². The Hall–Kier alpha value is -2.15. The Morgan fingerprint density at radius 3 is 2.45 bits per heavy atom. The molecule has 0 bridgehead atoms. The molecule has 1 heterocycles. The lowest BCUT2D eigenvalue weighted by Crippen LogP contribution is -2.12. The predicted molar refractivity (Wildman–Crippen MR) is 72.2 cm³/mol. The van der Waals surface area contributed by atoms with Gasteiger partial charge in [-0.25, -0.2) is 13.2 Å². The number of nitrogens with zero attached hydrogens (tertiary/aromatic N) is 2. The quantitative estimate of drug-likeness (QED) is 0.920. The second-order valence-electron chi connectivity index (χ2n) is 4.51. The maximum Gasteiger partial charge on any atom is 0.339 e. The molecule has 0 saturated carbocycles. The highest BCUT2D eigenvalue weighted by Gasteiger charge is 2.23. The van der Waals surface area contributed by atoms with E-state index in [9.17, 15) is 13.2 Å². The maximum absolute atomic E-state index is 12.3. The minimum atomic E-state index is -3.60. The minimum Gasteiger partial charge on any atom is -0.478 e. The topological polar surface area (TPSA) is 89.3 Å². The number of hydrogen-bond donors (Lipinski definition) is 1. The third-order valence-electron chi connectivity index (χ3n) is 3.00. The average molecular weight is 294 g/mol. The molecule has 0 saturated heterocycles. The van der Waals surface area contributed by atoms with E-state index >= 15 is 0 Å². The number of benzene rings is 1. The van der Waals surface area contributed by atoms with Gasteiger partial charge in [-0.05, 0) is 19.1 Å². The monoisotopic (exact) mass is 294 g/mol. The Bertz CT molecular complexity index is 745. The van der Waals surface area contributed by atoms with Crippen molar-refractivity contribution < 1.29 is 18.3 Å². The summed E-state index contributed by atoms with van der Waals surface area (Å²) in [7, 11) is -2.08. The Morgan fingerprint density at radius 1 is 1.30 bits per heavy atom. The van der Waals surface area contributed by atoms with Gasteiger partial charge >= 0.3 is 5.97 Å². The second-order valence-corrected chi connectivity index (χ2v) is 6.50. The fourth-order valence-corrected chi connectivity index (χ4v) is 3.24. The van der Waals surface area contributed by atoms with Crippen LogP contribution in [0.15, 0.2) is 35.4 Å². The number of rotatable bonds is 4. The lowest BCUT2D eigenvalue weighted by molar-refractivity contribution is 0.0696. The van der Waals surface area contributed by atoms with Crippen molar-refractivity contribution >= 4 is 15.8 Å². The van der Waals surface area contributed by atoms with Gasteiger partial charge in [0, 0.05) is 7.05 Å². The first-order valence-electron chi connectivity index (χ1n) is 5.85. The van der Waals surface area contributed by atoms with Crippen molar-refractivity contribution in [3.8, 4) is 0 Å². The van der Waals surface area contributed by atoms with Crippen LogP contribution in [-0.2, 0) is 22.6 Å². The highest BCUT2D eigenvalue weighted by Crippen LogP contribution is 2.19. The lowest BCUT2D eigenvalue weighted by Gasteiger charge is -2.06. The van der Waals surface area contributed by atoms with Gasteiger partial charge in [0.2, 0.25) is 0 Å². The summed E-state index contributed by atoms with van der Waals surface area (Å²) in [5.41, 5.74) is 1.02. The van der Waals surface area contributed by atoms with Gasteiger partial charge < -0.3 is 5.11 Å². The van der Waals surface area contributed by atoms with Crippen LogP contribution in [0.3, 0.4) is 0 Å². The van der Waals surface area contributed by atoms with Crippen LogP contribution in [0.5, 0.6) is 0 Å². The van der Waals surface area contributed by atoms with Crippen molar-refractivity contribution in [2.75, 3.05) is 0 Å². The van der Waals surface area contributed by atoms with Gasteiger partial charge in [-0.1, -0.05) is 17.7 Å². The molecule has 2 rings (SSSR count). The number of sulfone groups is 1. The zero-order valence-corrected chi connectivity index (χ0v) is 11.9. The Morgan fingerprint density at radius 2 is 1.90 bits per heavy atom. The molecule has 6 nitrogen and oxygen atoms in total. The first-order chi connectivity index (χ1) is 9.31. The van der Waals surface area contributed by atoms with Crippen molar-refractivity contribution in [2.45, 2.75) is 17.6 Å². The first kappa shape index (κ1) is 14.3. The Balaban J connectivity index is 2.41. The van der Waals surface area contributed by atoms with Crippen molar-refractivity contribution in [2.24, 2.45) is 7.05 Å². The summed E-state index contributed by atoms with van der Waals surface area (Å²) >= 11 is 0. The highest BCUT2D eigenvalue weighted by molar-refractivity contribution is 7.90. The van der Waals surface area contributed by atoms with E-state index in [0.29, 0.717) is 0 Å². The van der Waals surface area contributed by atoms with Crippen LogP contribution < -0.4 is 0 Å². The maximum atomic E-state index is 12.3. The van der Waals surface area contributed by atoms with Crippen molar-refractivity contribution in [1.82, 2.24) is 9.78 Å². The fourth-order valence-electron chi connectivity index (χ4n) is 1.82. The van der Waals surface area contributed by atoms with Gasteiger partial charge in [-0.3, -0.25) is 4.68 Å². The van der Waals surface area contributed by atoms with Crippen LogP contribution in [0, 0.1) is 6.92 Å². The van der Waals surface area contributed by atoms with E-state index in [2.05, 4.69) is 5.10 Å². The van der Waals surface area contributed by atoms with Crippen LogP contribution in [0.25, 0.3) is 0 Å². The van der Waals surface area contributed by atoms with Crippen molar-refractivity contribution in [3.05, 3.63) is 47.3 Å². The highest BCUT2D eigenvalue weighted by atomic mass is 32.2. The van der Waals surface area contributed by atoms with Crippen molar-refractivity contribution in [3.63, 3.8) is 0 Å². The Kier molecular flexibility index (Phi) is 3.63. The summed E-state index contributed by atoms with van der Waals surface area (Å²) in [6.07, 6.45) is 1.16. The lowest BCUT2D eigenvalue weighted by atomic mass is 10.2. The molecule has 0 atom stereocenters. The second kappa shape index (κ2) is 5.09. The van der Waals surface area contributed by atoms with Gasteiger partial charge in [0.15, 0.2) is 9.84 Å². The number of aromatic nitrogens is 2. The Labute approximate surface area is 116 Å². The van der Waals surface area contributed by atoms with Gasteiger partial charge in [0.05, 0.1) is 22.5 Å². The molecule has 1 aromatic heterocycles. The molecule has 20 heavy (non-hydrogen) atoms. The van der Waals surface area contributed by atoms with Gasteiger partial charge in [-0.15, -0.1) is 0 Å². The van der Waals surface area contributed by atoms with E-state index < -0.39 is 21.6 Å². The zero-order valence-electron chi connectivity index (χ0n) is 11.1. The summed E-state index contributed by atoms with van der Waals surface area (Å²) < 4.78 is 25.9. The number of aryl methyl sites for hydroxylation is 2. The summed E-state index contributed by atoms with van der Waals surface area (Å²) in [5.74, 6) is -1.58. The van der Waals surface area contributed by atoms with E-state index in [0.717, 1.165) is 11.8 Å². The van der Waals surface area contributed by atoms with E-state index in [1.165, 1.54) is 23.9 Å². The standard InChI is InChI=1S/C13H14N2O4S/c1-9-3-5-10(6-4-9)20(18,19)8-12-11(13(16)17)7-14-15(12)2/h3-7H,8H2,1-2H3,(H,16,17). The number of carboxylic acid groups (broad SMARTS) is 1. The molecular formula is C13H14N2O4S. The SMILES string of the molecule is Cc1ccc(S(=O)(=O)Cc2c(C(=O)O)cnn2C)cc1. The molecule has 0 aliphatic rings. The fraction of sp³-hybridized carbons (Fsp3) is 0.231. The van der Waals surface area contributed by atoms with Crippen LogP contribution in [-0.4, -0.2) is 29.3 Å². The third kappa shape index (κ3) is 2.72.